The molecule has 1 saturated heterocycles. The van der Waals surface area contributed by atoms with Crippen LogP contribution in [0, 0.1) is 0 Å². The van der Waals surface area contributed by atoms with Crippen LogP contribution < -0.4 is 5.32 Å². The van der Waals surface area contributed by atoms with E-state index in [9.17, 15) is 9.90 Å². The Morgan fingerprint density at radius 3 is 3.00 bits per heavy atom. The molecule has 0 aromatic heterocycles. The smallest absolute Gasteiger partial charge is 0.237 e. The first-order chi connectivity index (χ1) is 8.20. The summed E-state index contributed by atoms with van der Waals surface area (Å²) in [7, 11) is 0. The quantitative estimate of drug-likeness (QED) is 0.702. The molecule has 1 aliphatic heterocycles. The lowest BCUT2D eigenvalue weighted by atomic mass is 10.1. The fourth-order valence-electron chi connectivity index (χ4n) is 2.38. The fourth-order valence-corrected chi connectivity index (χ4v) is 2.38. The molecule has 4 nitrogen and oxygen atoms in total. The summed E-state index contributed by atoms with van der Waals surface area (Å²) in [5.41, 5.74) is 0. The van der Waals surface area contributed by atoms with Crippen LogP contribution in [0.3, 0.4) is 0 Å². The van der Waals surface area contributed by atoms with Gasteiger partial charge in [0.15, 0.2) is 0 Å². The highest BCUT2D eigenvalue weighted by Gasteiger charge is 2.28. The van der Waals surface area contributed by atoms with Gasteiger partial charge in [0.1, 0.15) is 0 Å². The van der Waals surface area contributed by atoms with Crippen molar-refractivity contribution in [1.82, 2.24) is 10.2 Å². The maximum atomic E-state index is 11.9. The predicted molar refractivity (Wildman–Crippen MR) is 68.7 cm³/mol. The number of hydrogen-bond acceptors (Lipinski definition) is 3. The van der Waals surface area contributed by atoms with Gasteiger partial charge in [-0.25, -0.2) is 0 Å². The lowest BCUT2D eigenvalue weighted by molar-refractivity contribution is -0.126. The molecule has 1 amide bonds. The van der Waals surface area contributed by atoms with Gasteiger partial charge < -0.3 is 10.4 Å². The highest BCUT2D eigenvalue weighted by atomic mass is 16.3. The number of amides is 1. The van der Waals surface area contributed by atoms with Crippen molar-refractivity contribution in [2.24, 2.45) is 0 Å². The first kappa shape index (κ1) is 14.2. The minimum atomic E-state index is -0.176. The van der Waals surface area contributed by atoms with Crippen LogP contribution in [-0.2, 0) is 4.79 Å². The van der Waals surface area contributed by atoms with Gasteiger partial charge in [-0.2, -0.15) is 0 Å². The zero-order valence-electron chi connectivity index (χ0n) is 10.7. The number of rotatable bonds is 5. The standard InChI is InChI=1S/C13H24N2O2/c1-3-8-14-13(17)11(2)15-9-6-4-5-7-12(15)10-16/h3,11-12,16H,1,4-10H2,2H3,(H,14,17). The van der Waals surface area contributed by atoms with E-state index in [2.05, 4.69) is 16.8 Å². The third-order valence-electron chi connectivity index (χ3n) is 3.43. The van der Waals surface area contributed by atoms with Crippen molar-refractivity contribution in [3.05, 3.63) is 12.7 Å². The van der Waals surface area contributed by atoms with Crippen molar-refractivity contribution in [2.45, 2.75) is 44.7 Å². The van der Waals surface area contributed by atoms with Gasteiger partial charge in [-0.15, -0.1) is 6.58 Å². The Bertz CT molecular complexity index is 256. The van der Waals surface area contributed by atoms with E-state index in [4.69, 9.17) is 0 Å². The van der Waals surface area contributed by atoms with Gasteiger partial charge in [-0.1, -0.05) is 18.9 Å². The van der Waals surface area contributed by atoms with Crippen molar-refractivity contribution < 1.29 is 9.90 Å². The van der Waals surface area contributed by atoms with Gasteiger partial charge in [0, 0.05) is 12.6 Å². The average Bonchev–Trinajstić information content (AvgIpc) is 2.59. The van der Waals surface area contributed by atoms with Crippen LogP contribution in [0.4, 0.5) is 0 Å². The van der Waals surface area contributed by atoms with Crippen LogP contribution in [-0.4, -0.2) is 47.7 Å². The van der Waals surface area contributed by atoms with Gasteiger partial charge >= 0.3 is 0 Å². The number of aliphatic hydroxyl groups excluding tert-OH is 1. The van der Waals surface area contributed by atoms with Gasteiger partial charge in [0.2, 0.25) is 5.91 Å². The second-order valence-electron chi connectivity index (χ2n) is 4.63. The third kappa shape index (κ3) is 4.13. The highest BCUT2D eigenvalue weighted by molar-refractivity contribution is 5.81. The molecule has 0 saturated carbocycles. The molecule has 1 fully saturated rings. The Morgan fingerprint density at radius 2 is 2.35 bits per heavy atom. The first-order valence-electron chi connectivity index (χ1n) is 6.46. The first-order valence-corrected chi connectivity index (χ1v) is 6.46. The van der Waals surface area contributed by atoms with Gasteiger partial charge in [-0.05, 0) is 26.3 Å². The molecular formula is C13H24N2O2. The largest absolute Gasteiger partial charge is 0.395 e. The zero-order valence-corrected chi connectivity index (χ0v) is 10.7. The van der Waals surface area contributed by atoms with E-state index in [1.165, 1.54) is 6.42 Å². The van der Waals surface area contributed by atoms with Crippen molar-refractivity contribution in [3.8, 4) is 0 Å². The van der Waals surface area contributed by atoms with Crippen LogP contribution in [0.2, 0.25) is 0 Å². The van der Waals surface area contributed by atoms with Crippen molar-refractivity contribution in [1.29, 1.82) is 0 Å². The van der Waals surface area contributed by atoms with Crippen molar-refractivity contribution in [3.63, 3.8) is 0 Å². The summed E-state index contributed by atoms with van der Waals surface area (Å²) in [5, 5.41) is 12.2. The molecule has 0 radical (unpaired) electrons. The Balaban J connectivity index is 2.59. The molecule has 2 N–H and O–H groups in total. The normalized spacial score (nSPS) is 23.8. The molecular weight excluding hydrogens is 216 g/mol. The maximum Gasteiger partial charge on any atom is 0.237 e. The van der Waals surface area contributed by atoms with Gasteiger partial charge in [-0.3, -0.25) is 9.69 Å². The molecule has 1 rings (SSSR count). The van der Waals surface area contributed by atoms with Gasteiger partial charge in [0.05, 0.1) is 12.6 Å². The van der Waals surface area contributed by atoms with Crippen LogP contribution in [0.1, 0.15) is 32.6 Å². The zero-order chi connectivity index (χ0) is 12.7. The van der Waals surface area contributed by atoms with Crippen molar-refractivity contribution >= 4 is 5.91 Å². The maximum absolute atomic E-state index is 11.9. The Hall–Kier alpha value is -0.870. The van der Waals surface area contributed by atoms with Gasteiger partial charge in [0.25, 0.3) is 0 Å². The number of nitrogens with zero attached hydrogens (tertiary/aromatic N) is 1. The molecule has 0 spiro atoms. The number of nitrogens with one attached hydrogen (secondary N) is 1. The SMILES string of the molecule is C=CCNC(=O)C(C)N1CCCCCC1CO. The summed E-state index contributed by atoms with van der Waals surface area (Å²) in [6.07, 6.45) is 6.10. The summed E-state index contributed by atoms with van der Waals surface area (Å²) in [6.45, 7) is 7.03. The molecule has 0 bridgehead atoms. The predicted octanol–water partition coefficient (Wildman–Crippen LogP) is 0.914. The Labute approximate surface area is 104 Å². The summed E-state index contributed by atoms with van der Waals surface area (Å²) in [4.78, 5) is 14.0. The van der Waals surface area contributed by atoms with E-state index in [1.54, 1.807) is 6.08 Å². The second kappa shape index (κ2) is 7.45. The van der Waals surface area contributed by atoms with Crippen LogP contribution in [0.5, 0.6) is 0 Å². The Morgan fingerprint density at radius 1 is 1.59 bits per heavy atom. The van der Waals surface area contributed by atoms with E-state index >= 15 is 0 Å². The van der Waals surface area contributed by atoms with E-state index < -0.39 is 0 Å². The summed E-state index contributed by atoms with van der Waals surface area (Å²) in [5.74, 6) is 0.0188. The summed E-state index contributed by atoms with van der Waals surface area (Å²) < 4.78 is 0. The fraction of sp³-hybridized carbons (Fsp3) is 0.769. The summed E-state index contributed by atoms with van der Waals surface area (Å²) >= 11 is 0. The van der Waals surface area contributed by atoms with E-state index in [0.717, 1.165) is 25.8 Å². The van der Waals surface area contributed by atoms with E-state index in [0.29, 0.717) is 6.54 Å². The number of likely N-dealkylation sites (tertiary alicyclic amines) is 1. The van der Waals surface area contributed by atoms with Crippen molar-refractivity contribution in [2.75, 3.05) is 19.7 Å². The average molecular weight is 240 g/mol. The van der Waals surface area contributed by atoms with Crippen LogP contribution in [0.15, 0.2) is 12.7 Å². The molecule has 17 heavy (non-hydrogen) atoms. The molecule has 2 unspecified atom stereocenters. The molecule has 1 aliphatic rings. The number of hydrogen-bond donors (Lipinski definition) is 2. The van der Waals surface area contributed by atoms with E-state index in [1.807, 2.05) is 6.92 Å². The number of aliphatic hydroxyl groups is 1. The minimum absolute atomic E-state index is 0.0188. The molecule has 0 aliphatic carbocycles. The lowest BCUT2D eigenvalue weighted by Crippen LogP contribution is -2.50. The number of carbonyl (C=O) groups is 1. The highest BCUT2D eigenvalue weighted by Crippen LogP contribution is 2.18. The third-order valence-corrected chi connectivity index (χ3v) is 3.43. The number of carbonyl (C=O) groups excluding carboxylic acids is 1. The lowest BCUT2D eigenvalue weighted by Gasteiger charge is -2.33. The van der Waals surface area contributed by atoms with Crippen LogP contribution >= 0.6 is 0 Å². The molecule has 1 heterocycles. The molecule has 2 atom stereocenters. The molecule has 0 aromatic carbocycles. The Kier molecular flexibility index (Phi) is 6.22. The second-order valence-corrected chi connectivity index (χ2v) is 4.63. The molecule has 0 aromatic rings. The molecule has 98 valence electrons. The minimum Gasteiger partial charge on any atom is -0.395 e. The molecule has 4 heteroatoms. The summed E-state index contributed by atoms with van der Waals surface area (Å²) in [6, 6.07) is -0.0489. The van der Waals surface area contributed by atoms with E-state index in [-0.39, 0.29) is 24.6 Å². The van der Waals surface area contributed by atoms with Crippen LogP contribution in [0.25, 0.3) is 0 Å². The monoisotopic (exact) mass is 240 g/mol. The topological polar surface area (TPSA) is 52.6 Å².